The zero-order valence-electron chi connectivity index (χ0n) is 10.6. The van der Waals surface area contributed by atoms with Gasteiger partial charge in [0.15, 0.2) is 0 Å². The van der Waals surface area contributed by atoms with Gasteiger partial charge in [0, 0.05) is 24.7 Å². The van der Waals surface area contributed by atoms with Crippen LogP contribution in [0.25, 0.3) is 0 Å². The summed E-state index contributed by atoms with van der Waals surface area (Å²) in [5.41, 5.74) is 3.48. The van der Waals surface area contributed by atoms with Crippen LogP contribution in [-0.2, 0) is 0 Å². The highest BCUT2D eigenvalue weighted by atomic mass is 14.9. The first-order chi connectivity index (χ1) is 8.27. The van der Waals surface area contributed by atoms with Crippen molar-refractivity contribution in [2.45, 2.75) is 32.1 Å². The third kappa shape index (κ3) is 2.47. The van der Waals surface area contributed by atoms with Crippen molar-refractivity contribution in [2.75, 3.05) is 25.0 Å². The first-order valence-corrected chi connectivity index (χ1v) is 6.80. The summed E-state index contributed by atoms with van der Waals surface area (Å²) in [6, 6.07) is 8.72. The van der Waals surface area contributed by atoms with Crippen LogP contribution < -0.4 is 10.6 Å². The van der Waals surface area contributed by atoms with Crippen molar-refractivity contribution in [3.63, 3.8) is 0 Å². The van der Waals surface area contributed by atoms with E-state index in [1.165, 1.54) is 37.1 Å². The summed E-state index contributed by atoms with van der Waals surface area (Å²) in [5.74, 6) is 0.700. The fourth-order valence-electron chi connectivity index (χ4n) is 2.67. The zero-order chi connectivity index (χ0) is 11.7. The molecule has 1 aromatic rings. The van der Waals surface area contributed by atoms with Gasteiger partial charge in [-0.1, -0.05) is 25.1 Å². The largest absolute Gasteiger partial charge is 0.384 e. The van der Waals surface area contributed by atoms with Gasteiger partial charge in [-0.15, -0.1) is 0 Å². The predicted molar refractivity (Wildman–Crippen MR) is 72.5 cm³/mol. The highest BCUT2D eigenvalue weighted by molar-refractivity contribution is 5.57. The first kappa shape index (κ1) is 11.1. The topological polar surface area (TPSA) is 24.1 Å². The Morgan fingerprint density at radius 1 is 1.35 bits per heavy atom. The molecule has 2 aliphatic rings. The molecule has 1 saturated carbocycles. The lowest BCUT2D eigenvalue weighted by atomic mass is 9.98. The van der Waals surface area contributed by atoms with Crippen LogP contribution in [0.15, 0.2) is 24.3 Å². The fraction of sp³-hybridized carbons (Fsp3) is 0.600. The van der Waals surface area contributed by atoms with E-state index in [4.69, 9.17) is 0 Å². The van der Waals surface area contributed by atoms with Crippen molar-refractivity contribution >= 4 is 5.69 Å². The molecule has 2 nitrogen and oxygen atoms in total. The van der Waals surface area contributed by atoms with E-state index in [1.54, 1.807) is 0 Å². The van der Waals surface area contributed by atoms with E-state index in [9.17, 15) is 0 Å². The van der Waals surface area contributed by atoms with E-state index in [2.05, 4.69) is 41.8 Å². The molecule has 1 atom stereocenters. The van der Waals surface area contributed by atoms with E-state index in [0.717, 1.165) is 13.1 Å². The van der Waals surface area contributed by atoms with E-state index >= 15 is 0 Å². The van der Waals surface area contributed by atoms with Gasteiger partial charge in [-0.2, -0.15) is 0 Å². The van der Waals surface area contributed by atoms with Crippen LogP contribution in [0.4, 0.5) is 5.69 Å². The number of anilines is 1. The minimum Gasteiger partial charge on any atom is -0.384 e. The maximum atomic E-state index is 3.62. The summed E-state index contributed by atoms with van der Waals surface area (Å²) in [6.45, 7) is 5.84. The van der Waals surface area contributed by atoms with Crippen LogP contribution >= 0.6 is 0 Å². The number of rotatable bonds is 5. The van der Waals surface area contributed by atoms with Crippen LogP contribution in [0.5, 0.6) is 0 Å². The van der Waals surface area contributed by atoms with Crippen LogP contribution in [0.1, 0.15) is 37.7 Å². The second-order valence-electron chi connectivity index (χ2n) is 5.94. The lowest BCUT2D eigenvalue weighted by molar-refractivity contribution is 0.484. The summed E-state index contributed by atoms with van der Waals surface area (Å²) in [5, 5.41) is 7.11. The molecule has 0 radical (unpaired) electrons. The Bertz CT molecular complexity index is 396. The fourth-order valence-corrected chi connectivity index (χ4v) is 2.67. The first-order valence-electron chi connectivity index (χ1n) is 6.80. The number of nitrogens with one attached hydrogen (secondary N) is 2. The zero-order valence-corrected chi connectivity index (χ0v) is 10.6. The Morgan fingerprint density at radius 3 is 3.00 bits per heavy atom. The van der Waals surface area contributed by atoms with Crippen LogP contribution in [-0.4, -0.2) is 19.6 Å². The molecule has 0 bridgehead atoms. The smallest absolute Gasteiger partial charge is 0.0376 e. The SMILES string of the molecule is CC1(CNCCC2CNc3ccccc32)CC1. The van der Waals surface area contributed by atoms with Crippen molar-refractivity contribution in [2.24, 2.45) is 5.41 Å². The van der Waals surface area contributed by atoms with Gasteiger partial charge in [0.2, 0.25) is 0 Å². The molecule has 1 aromatic carbocycles. The number of fused-ring (bicyclic) bond motifs is 1. The molecule has 0 amide bonds. The van der Waals surface area contributed by atoms with Crippen LogP contribution in [0.3, 0.4) is 0 Å². The predicted octanol–water partition coefficient (Wildman–Crippen LogP) is 2.98. The Balaban J connectivity index is 1.47. The molecule has 2 N–H and O–H groups in total. The summed E-state index contributed by atoms with van der Waals surface area (Å²) < 4.78 is 0. The quantitative estimate of drug-likeness (QED) is 0.760. The van der Waals surface area contributed by atoms with Gasteiger partial charge in [0.1, 0.15) is 0 Å². The van der Waals surface area contributed by atoms with E-state index in [-0.39, 0.29) is 0 Å². The second-order valence-corrected chi connectivity index (χ2v) is 5.94. The third-order valence-electron chi connectivity index (χ3n) is 4.26. The van der Waals surface area contributed by atoms with E-state index < -0.39 is 0 Å². The van der Waals surface area contributed by atoms with Crippen molar-refractivity contribution in [1.82, 2.24) is 5.32 Å². The maximum absolute atomic E-state index is 3.62. The Kier molecular flexibility index (Phi) is 2.83. The summed E-state index contributed by atoms with van der Waals surface area (Å²) >= 11 is 0. The number of hydrogen-bond acceptors (Lipinski definition) is 2. The molecule has 1 unspecified atom stereocenters. The van der Waals surface area contributed by atoms with Crippen LogP contribution in [0.2, 0.25) is 0 Å². The molecule has 17 heavy (non-hydrogen) atoms. The highest BCUT2D eigenvalue weighted by Crippen LogP contribution is 2.44. The normalized spacial score (nSPS) is 24.2. The average Bonchev–Trinajstić information content (AvgIpc) is 2.94. The number of hydrogen-bond donors (Lipinski definition) is 2. The Hall–Kier alpha value is -1.02. The molecular formula is C15H22N2. The van der Waals surface area contributed by atoms with Crippen molar-refractivity contribution < 1.29 is 0 Å². The molecule has 1 heterocycles. The van der Waals surface area contributed by atoms with Gasteiger partial charge in [-0.3, -0.25) is 0 Å². The Labute approximate surface area is 104 Å². The van der Waals surface area contributed by atoms with Crippen LogP contribution in [0, 0.1) is 5.41 Å². The third-order valence-corrected chi connectivity index (χ3v) is 4.26. The Morgan fingerprint density at radius 2 is 2.18 bits per heavy atom. The number of para-hydroxylation sites is 1. The van der Waals surface area contributed by atoms with Crippen molar-refractivity contribution in [3.8, 4) is 0 Å². The molecular weight excluding hydrogens is 208 g/mol. The van der Waals surface area contributed by atoms with E-state index in [0.29, 0.717) is 11.3 Å². The minimum absolute atomic E-state index is 0.631. The maximum Gasteiger partial charge on any atom is 0.0376 e. The molecule has 2 heteroatoms. The molecule has 0 aromatic heterocycles. The molecule has 0 saturated heterocycles. The van der Waals surface area contributed by atoms with Gasteiger partial charge < -0.3 is 10.6 Å². The molecule has 3 rings (SSSR count). The van der Waals surface area contributed by atoms with Crippen molar-refractivity contribution in [1.29, 1.82) is 0 Å². The van der Waals surface area contributed by atoms with E-state index in [1.807, 2.05) is 0 Å². The summed E-state index contributed by atoms with van der Waals surface area (Å²) in [7, 11) is 0. The standard InChI is InChI=1S/C15H22N2/c1-15(7-8-15)11-16-9-6-12-10-17-14-5-3-2-4-13(12)14/h2-5,12,16-17H,6-11H2,1H3. The van der Waals surface area contributed by atoms with Gasteiger partial charge in [-0.25, -0.2) is 0 Å². The highest BCUT2D eigenvalue weighted by Gasteiger charge is 2.36. The summed E-state index contributed by atoms with van der Waals surface area (Å²) in [4.78, 5) is 0. The molecule has 1 fully saturated rings. The van der Waals surface area contributed by atoms with Crippen molar-refractivity contribution in [3.05, 3.63) is 29.8 Å². The van der Waals surface area contributed by atoms with Gasteiger partial charge in [-0.05, 0) is 42.9 Å². The summed E-state index contributed by atoms with van der Waals surface area (Å²) in [6.07, 6.45) is 4.07. The molecule has 1 aliphatic carbocycles. The average molecular weight is 230 g/mol. The molecule has 92 valence electrons. The molecule has 1 aliphatic heterocycles. The lowest BCUT2D eigenvalue weighted by Crippen LogP contribution is -2.24. The molecule has 0 spiro atoms. The lowest BCUT2D eigenvalue weighted by Gasteiger charge is -2.13. The monoisotopic (exact) mass is 230 g/mol. The van der Waals surface area contributed by atoms with Gasteiger partial charge in [0.05, 0.1) is 0 Å². The van der Waals surface area contributed by atoms with Gasteiger partial charge in [0.25, 0.3) is 0 Å². The number of benzene rings is 1. The second kappa shape index (κ2) is 4.34. The van der Waals surface area contributed by atoms with Gasteiger partial charge >= 0.3 is 0 Å². The minimum atomic E-state index is 0.631.